The van der Waals surface area contributed by atoms with E-state index >= 15 is 0 Å². The number of nitrogens with zero attached hydrogens (tertiary/aromatic N) is 3. The number of halogens is 2. The molecule has 1 aromatic heterocycles. The summed E-state index contributed by atoms with van der Waals surface area (Å²) in [6, 6.07) is 8.04. The maximum Gasteiger partial charge on any atom is 0.243 e. The SMILES string of the molecule is CNC1CCc2ccc(C#CC(C)(C)O)cc2N(C)C1=O.N/C=C(\C=NC=O)Cc1ccc(F)nc1F. The van der Waals surface area contributed by atoms with Crippen LogP contribution in [0.5, 0.6) is 0 Å². The fraction of sp³-hybridized carbons (Fsp3) is 0.333. The number of nitrogens with one attached hydrogen (secondary N) is 1. The number of aryl methyl sites for hydroxylation is 1. The molecule has 3 rings (SSSR count). The molecule has 2 amide bonds. The Morgan fingerprint density at radius 1 is 1.35 bits per heavy atom. The first-order valence-corrected chi connectivity index (χ1v) is 11.5. The molecular weight excluding hydrogens is 480 g/mol. The van der Waals surface area contributed by atoms with Gasteiger partial charge in [0.15, 0.2) is 0 Å². The molecule has 1 unspecified atom stereocenters. The highest BCUT2D eigenvalue weighted by molar-refractivity contribution is 5.98. The van der Waals surface area contributed by atoms with Crippen molar-refractivity contribution in [1.82, 2.24) is 10.3 Å². The molecule has 0 spiro atoms. The normalized spacial score (nSPS) is 15.8. The molecule has 4 N–H and O–H groups in total. The van der Waals surface area contributed by atoms with Crippen molar-refractivity contribution in [3.8, 4) is 11.8 Å². The van der Waals surface area contributed by atoms with E-state index < -0.39 is 17.5 Å². The number of hydrogen-bond donors (Lipinski definition) is 3. The standard InChI is InChI=1S/C17H22N2O2.C10H9F2N3O/c1-17(2,21)10-9-12-5-6-13-7-8-14(18-3)16(20)19(4)15(13)11-12;11-9-2-1-8(10(12)15-9)3-7(4-13)5-14-6-16/h5-6,11,14,18,21H,7-8H2,1-4H3;1-2,4-6H,3,13H2/b;7-4-,14-5?. The molecule has 2 aromatic rings. The summed E-state index contributed by atoms with van der Waals surface area (Å²) in [5, 5.41) is 12.7. The van der Waals surface area contributed by atoms with Crippen LogP contribution in [-0.2, 0) is 22.4 Å². The molecule has 8 nitrogen and oxygen atoms in total. The third kappa shape index (κ3) is 8.90. The van der Waals surface area contributed by atoms with Gasteiger partial charge in [-0.25, -0.2) is 4.99 Å². The molecule has 10 heteroatoms. The Kier molecular flexibility index (Phi) is 10.6. The molecule has 1 aromatic carbocycles. The third-order valence-corrected chi connectivity index (χ3v) is 5.44. The van der Waals surface area contributed by atoms with E-state index in [-0.39, 0.29) is 23.9 Å². The number of rotatable bonds is 5. The van der Waals surface area contributed by atoms with Gasteiger partial charge in [0.1, 0.15) is 5.60 Å². The van der Waals surface area contributed by atoms with Crippen LogP contribution in [0, 0.1) is 23.7 Å². The largest absolute Gasteiger partial charge is 0.404 e. The predicted molar refractivity (Wildman–Crippen MR) is 139 cm³/mol. The highest BCUT2D eigenvalue weighted by atomic mass is 19.1. The van der Waals surface area contributed by atoms with Crippen molar-refractivity contribution in [3.63, 3.8) is 0 Å². The minimum absolute atomic E-state index is 0.0730. The van der Waals surface area contributed by atoms with E-state index in [0.29, 0.717) is 12.0 Å². The van der Waals surface area contributed by atoms with Crippen LogP contribution in [0.25, 0.3) is 0 Å². The molecule has 196 valence electrons. The fourth-order valence-electron chi connectivity index (χ4n) is 3.50. The van der Waals surface area contributed by atoms with Crippen molar-refractivity contribution in [1.29, 1.82) is 0 Å². The van der Waals surface area contributed by atoms with Gasteiger partial charge in [-0.1, -0.05) is 17.9 Å². The van der Waals surface area contributed by atoms with Gasteiger partial charge in [-0.3, -0.25) is 9.59 Å². The van der Waals surface area contributed by atoms with Crippen LogP contribution in [0.15, 0.2) is 47.1 Å². The number of fused-ring (bicyclic) bond motifs is 1. The molecule has 0 saturated heterocycles. The third-order valence-electron chi connectivity index (χ3n) is 5.44. The zero-order chi connectivity index (χ0) is 27.6. The molecule has 0 fully saturated rings. The molecule has 37 heavy (non-hydrogen) atoms. The van der Waals surface area contributed by atoms with Crippen molar-refractivity contribution in [2.45, 2.75) is 44.8 Å². The molecule has 0 saturated carbocycles. The van der Waals surface area contributed by atoms with Gasteiger partial charge in [0.2, 0.25) is 24.2 Å². The summed E-state index contributed by atoms with van der Waals surface area (Å²) < 4.78 is 25.6. The van der Waals surface area contributed by atoms with Gasteiger partial charge >= 0.3 is 0 Å². The second-order valence-corrected chi connectivity index (χ2v) is 8.82. The van der Waals surface area contributed by atoms with Crippen LogP contribution in [0.1, 0.15) is 37.0 Å². The molecule has 0 radical (unpaired) electrons. The van der Waals surface area contributed by atoms with Gasteiger partial charge in [0.05, 0.1) is 6.04 Å². The van der Waals surface area contributed by atoms with E-state index in [1.807, 2.05) is 25.2 Å². The Morgan fingerprint density at radius 3 is 2.68 bits per heavy atom. The highest BCUT2D eigenvalue weighted by Crippen LogP contribution is 2.27. The lowest BCUT2D eigenvalue weighted by Crippen LogP contribution is -2.42. The minimum Gasteiger partial charge on any atom is -0.404 e. The van der Waals surface area contributed by atoms with Gasteiger partial charge in [0.25, 0.3) is 0 Å². The second-order valence-electron chi connectivity index (χ2n) is 8.82. The number of carbonyl (C=O) groups excluding carboxylic acids is 2. The van der Waals surface area contributed by atoms with E-state index in [2.05, 4.69) is 27.1 Å². The van der Waals surface area contributed by atoms with E-state index in [1.54, 1.807) is 25.8 Å². The van der Waals surface area contributed by atoms with Crippen molar-refractivity contribution < 1.29 is 23.5 Å². The maximum atomic E-state index is 13.1. The molecule has 1 aliphatic rings. The maximum absolute atomic E-state index is 13.1. The molecule has 1 atom stereocenters. The highest BCUT2D eigenvalue weighted by Gasteiger charge is 2.26. The van der Waals surface area contributed by atoms with Gasteiger partial charge in [-0.15, -0.1) is 0 Å². The van der Waals surface area contributed by atoms with Crippen LogP contribution in [0.4, 0.5) is 14.5 Å². The zero-order valence-corrected chi connectivity index (χ0v) is 21.3. The summed E-state index contributed by atoms with van der Waals surface area (Å²) in [4.78, 5) is 30.4. The number of benzene rings is 1. The molecular formula is C27H31F2N5O3. The summed E-state index contributed by atoms with van der Waals surface area (Å²) >= 11 is 0. The summed E-state index contributed by atoms with van der Waals surface area (Å²) in [6.07, 6.45) is 4.47. The quantitative estimate of drug-likeness (QED) is 0.245. The lowest BCUT2D eigenvalue weighted by Gasteiger charge is -2.21. The van der Waals surface area contributed by atoms with Gasteiger partial charge in [0, 0.05) is 36.5 Å². The first kappa shape index (κ1) is 29.3. The van der Waals surface area contributed by atoms with E-state index in [1.165, 1.54) is 18.5 Å². The number of pyridine rings is 1. The number of anilines is 1. The average Bonchev–Trinajstić information content (AvgIpc) is 2.97. The smallest absolute Gasteiger partial charge is 0.243 e. The lowest BCUT2D eigenvalue weighted by atomic mass is 10.0. The number of aliphatic hydroxyl groups is 1. The number of nitrogens with two attached hydrogens (primary N) is 1. The Morgan fingerprint density at radius 2 is 2.08 bits per heavy atom. The number of carbonyl (C=O) groups is 2. The number of amides is 2. The number of aromatic nitrogens is 1. The van der Waals surface area contributed by atoms with Crippen LogP contribution in [0.3, 0.4) is 0 Å². The number of allylic oxidation sites excluding steroid dienone is 1. The molecule has 2 heterocycles. The fourth-order valence-corrected chi connectivity index (χ4v) is 3.50. The van der Waals surface area contributed by atoms with Crippen LogP contribution in [-0.4, -0.2) is 54.4 Å². The van der Waals surface area contributed by atoms with Crippen LogP contribution >= 0.6 is 0 Å². The van der Waals surface area contributed by atoms with Crippen LogP contribution in [0.2, 0.25) is 0 Å². The van der Waals surface area contributed by atoms with E-state index in [0.717, 1.165) is 35.7 Å². The van der Waals surface area contributed by atoms with Crippen molar-refractivity contribution in [2.75, 3.05) is 19.0 Å². The minimum atomic E-state index is -1.02. The van der Waals surface area contributed by atoms with E-state index in [4.69, 9.17) is 5.73 Å². The van der Waals surface area contributed by atoms with Gasteiger partial charge in [-0.05, 0) is 75.3 Å². The summed E-state index contributed by atoms with van der Waals surface area (Å²) in [5.74, 6) is 4.04. The topological polar surface area (TPSA) is 121 Å². The average molecular weight is 512 g/mol. The Hall–Kier alpha value is -3.94. The predicted octanol–water partition coefficient (Wildman–Crippen LogP) is 2.28. The van der Waals surface area contributed by atoms with Crippen molar-refractivity contribution in [2.24, 2.45) is 10.7 Å². The van der Waals surface area contributed by atoms with Gasteiger partial charge < -0.3 is 21.1 Å². The molecule has 0 aliphatic carbocycles. The van der Waals surface area contributed by atoms with Crippen LogP contribution < -0.4 is 16.0 Å². The Bertz CT molecular complexity index is 1240. The number of likely N-dealkylation sites (N-methyl/N-ethyl adjacent to an activating group) is 2. The monoisotopic (exact) mass is 511 g/mol. The second kappa shape index (κ2) is 13.4. The summed E-state index contributed by atoms with van der Waals surface area (Å²) in [7, 11) is 3.61. The molecule has 1 aliphatic heterocycles. The zero-order valence-electron chi connectivity index (χ0n) is 21.3. The van der Waals surface area contributed by atoms with Crippen molar-refractivity contribution >= 4 is 24.2 Å². The summed E-state index contributed by atoms with van der Waals surface area (Å²) in [6.45, 7) is 3.30. The van der Waals surface area contributed by atoms with E-state index in [9.17, 15) is 23.5 Å². The Labute approximate surface area is 215 Å². The molecule has 0 bridgehead atoms. The van der Waals surface area contributed by atoms with Crippen molar-refractivity contribution in [3.05, 3.63) is 70.7 Å². The lowest BCUT2D eigenvalue weighted by molar-refractivity contribution is -0.120. The van der Waals surface area contributed by atoms with Gasteiger partial charge in [-0.2, -0.15) is 13.8 Å². The number of hydrogen-bond acceptors (Lipinski definition) is 6. The first-order valence-electron chi connectivity index (χ1n) is 11.5. The number of aliphatic imine (C=N–C) groups is 1. The first-order chi connectivity index (χ1) is 17.5. The summed E-state index contributed by atoms with van der Waals surface area (Å²) in [5.41, 5.74) is 7.70. The Balaban J connectivity index is 0.000000271.